The Morgan fingerprint density at radius 3 is 2.65 bits per heavy atom. The number of amides is 4. The van der Waals surface area contributed by atoms with Crippen molar-refractivity contribution in [2.45, 2.75) is 33.3 Å². The Hall–Kier alpha value is -3.72. The zero-order chi connectivity index (χ0) is 24.4. The van der Waals surface area contributed by atoms with E-state index in [1.807, 2.05) is 20.8 Å². The van der Waals surface area contributed by atoms with Gasteiger partial charge in [-0.25, -0.2) is 9.69 Å². The average Bonchev–Trinajstić information content (AvgIpc) is 3.27. The van der Waals surface area contributed by atoms with E-state index in [9.17, 15) is 14.4 Å². The van der Waals surface area contributed by atoms with Crippen molar-refractivity contribution in [3.05, 3.63) is 46.5 Å². The van der Waals surface area contributed by atoms with E-state index in [0.29, 0.717) is 35.2 Å². The number of rotatable bonds is 7. The van der Waals surface area contributed by atoms with Crippen LogP contribution >= 0.6 is 11.6 Å². The number of barbiturate groups is 1. The van der Waals surface area contributed by atoms with Crippen molar-refractivity contribution in [3.8, 4) is 23.0 Å². The monoisotopic (exact) mass is 486 g/mol. The number of anilines is 1. The van der Waals surface area contributed by atoms with Crippen molar-refractivity contribution in [2.24, 2.45) is 0 Å². The largest absolute Gasteiger partial charge is 0.490 e. The van der Waals surface area contributed by atoms with Crippen LogP contribution in [-0.4, -0.2) is 37.3 Å². The fourth-order valence-electron chi connectivity index (χ4n) is 3.42. The summed E-state index contributed by atoms with van der Waals surface area (Å²) < 4.78 is 22.2. The van der Waals surface area contributed by atoms with Crippen LogP contribution in [0, 0.1) is 0 Å². The number of carbonyl (C=O) groups is 3. The van der Waals surface area contributed by atoms with Crippen LogP contribution in [0.5, 0.6) is 23.0 Å². The molecule has 1 N–H and O–H groups in total. The summed E-state index contributed by atoms with van der Waals surface area (Å²) in [6.45, 7) is 6.12. The molecule has 4 rings (SSSR count). The van der Waals surface area contributed by atoms with Gasteiger partial charge in [0, 0.05) is 6.07 Å². The number of nitrogens with zero attached hydrogens (tertiary/aromatic N) is 1. The SMILES string of the molecule is CCOc1cc(/C=C2\C(=O)NC(=O)N(c3ccc4c(c3)OCO4)C2=O)cc(Cl)c1O[C@@H](C)CC. The predicted octanol–water partition coefficient (Wildman–Crippen LogP) is 4.31. The van der Waals surface area contributed by atoms with Gasteiger partial charge in [0.2, 0.25) is 6.79 Å². The van der Waals surface area contributed by atoms with Gasteiger partial charge >= 0.3 is 6.03 Å². The van der Waals surface area contributed by atoms with E-state index in [0.717, 1.165) is 11.3 Å². The maximum atomic E-state index is 13.2. The molecule has 2 aliphatic rings. The molecular formula is C24H23ClN2O7. The number of halogens is 1. The predicted molar refractivity (Wildman–Crippen MR) is 125 cm³/mol. The van der Waals surface area contributed by atoms with Gasteiger partial charge in [0.15, 0.2) is 23.0 Å². The zero-order valence-corrected chi connectivity index (χ0v) is 19.6. The van der Waals surface area contributed by atoms with E-state index in [1.165, 1.54) is 18.2 Å². The van der Waals surface area contributed by atoms with Gasteiger partial charge in [0.1, 0.15) is 5.57 Å². The van der Waals surface area contributed by atoms with E-state index < -0.39 is 17.8 Å². The van der Waals surface area contributed by atoms with Crippen molar-refractivity contribution in [2.75, 3.05) is 18.3 Å². The lowest BCUT2D eigenvalue weighted by molar-refractivity contribution is -0.122. The van der Waals surface area contributed by atoms with Crippen molar-refractivity contribution in [1.29, 1.82) is 0 Å². The summed E-state index contributed by atoms with van der Waals surface area (Å²) in [6.07, 6.45) is 2.03. The first kappa shape index (κ1) is 23.4. The van der Waals surface area contributed by atoms with Crippen LogP contribution in [0.4, 0.5) is 10.5 Å². The quantitative estimate of drug-likeness (QED) is 0.459. The van der Waals surface area contributed by atoms with E-state index in [1.54, 1.807) is 18.2 Å². The molecule has 0 radical (unpaired) electrons. The van der Waals surface area contributed by atoms with Gasteiger partial charge in [-0.3, -0.25) is 14.9 Å². The molecule has 0 aromatic heterocycles. The molecule has 9 nitrogen and oxygen atoms in total. The van der Waals surface area contributed by atoms with E-state index in [2.05, 4.69) is 5.32 Å². The number of carbonyl (C=O) groups excluding carboxylic acids is 3. The molecular weight excluding hydrogens is 464 g/mol. The highest BCUT2D eigenvalue weighted by atomic mass is 35.5. The Morgan fingerprint density at radius 1 is 1.15 bits per heavy atom. The zero-order valence-electron chi connectivity index (χ0n) is 18.8. The molecule has 0 unspecified atom stereocenters. The number of ether oxygens (including phenoxy) is 4. The number of fused-ring (bicyclic) bond motifs is 1. The molecule has 2 aliphatic heterocycles. The fraction of sp³-hybridized carbons (Fsp3) is 0.292. The summed E-state index contributed by atoms with van der Waals surface area (Å²) in [5.74, 6) is 0.0533. The lowest BCUT2D eigenvalue weighted by Gasteiger charge is -2.26. The Balaban J connectivity index is 1.70. The lowest BCUT2D eigenvalue weighted by Crippen LogP contribution is -2.54. The van der Waals surface area contributed by atoms with Crippen molar-refractivity contribution in [1.82, 2.24) is 5.32 Å². The molecule has 10 heteroatoms. The second-order valence-electron chi connectivity index (χ2n) is 7.60. The second kappa shape index (κ2) is 9.64. The summed E-state index contributed by atoms with van der Waals surface area (Å²) >= 11 is 6.45. The number of benzene rings is 2. The second-order valence-corrected chi connectivity index (χ2v) is 8.00. The van der Waals surface area contributed by atoms with Crippen molar-refractivity contribution >= 4 is 41.2 Å². The van der Waals surface area contributed by atoms with Crippen LogP contribution in [0.25, 0.3) is 6.08 Å². The van der Waals surface area contributed by atoms with E-state index in [-0.39, 0.29) is 29.2 Å². The third kappa shape index (κ3) is 4.51. The first-order valence-corrected chi connectivity index (χ1v) is 11.1. The molecule has 1 fully saturated rings. The average molecular weight is 487 g/mol. The maximum absolute atomic E-state index is 13.2. The molecule has 0 aliphatic carbocycles. The van der Waals surface area contributed by atoms with Gasteiger partial charge in [-0.15, -0.1) is 0 Å². The van der Waals surface area contributed by atoms with E-state index >= 15 is 0 Å². The van der Waals surface area contributed by atoms with Crippen LogP contribution in [0.3, 0.4) is 0 Å². The third-order valence-corrected chi connectivity index (χ3v) is 5.53. The Labute approximate surface area is 201 Å². The summed E-state index contributed by atoms with van der Waals surface area (Å²) in [6, 6.07) is 6.94. The van der Waals surface area contributed by atoms with Crippen molar-refractivity contribution < 1.29 is 33.3 Å². The van der Waals surface area contributed by atoms with Crippen LogP contribution in [-0.2, 0) is 9.59 Å². The first-order chi connectivity index (χ1) is 16.3. The third-order valence-electron chi connectivity index (χ3n) is 5.25. The van der Waals surface area contributed by atoms with Crippen molar-refractivity contribution in [3.63, 3.8) is 0 Å². The fourth-order valence-corrected chi connectivity index (χ4v) is 3.68. The smallest absolute Gasteiger partial charge is 0.335 e. The first-order valence-electron chi connectivity index (χ1n) is 10.8. The molecule has 2 aromatic carbocycles. The topological polar surface area (TPSA) is 103 Å². The van der Waals surface area contributed by atoms with Gasteiger partial charge in [-0.2, -0.15) is 0 Å². The highest BCUT2D eigenvalue weighted by molar-refractivity contribution is 6.39. The highest BCUT2D eigenvalue weighted by Crippen LogP contribution is 2.39. The maximum Gasteiger partial charge on any atom is 0.335 e. The molecule has 4 amide bonds. The summed E-state index contributed by atoms with van der Waals surface area (Å²) in [5.41, 5.74) is 0.422. The Morgan fingerprint density at radius 2 is 1.91 bits per heavy atom. The molecule has 1 saturated heterocycles. The molecule has 0 bridgehead atoms. The number of hydrogen-bond acceptors (Lipinski definition) is 7. The molecule has 178 valence electrons. The highest BCUT2D eigenvalue weighted by Gasteiger charge is 2.37. The molecule has 1 atom stereocenters. The van der Waals surface area contributed by atoms with Gasteiger partial charge in [-0.1, -0.05) is 18.5 Å². The summed E-state index contributed by atoms with van der Waals surface area (Å²) in [5, 5.41) is 2.46. The molecule has 2 aromatic rings. The van der Waals surface area contributed by atoms with Gasteiger partial charge in [-0.05, 0) is 56.2 Å². The molecule has 34 heavy (non-hydrogen) atoms. The van der Waals surface area contributed by atoms with Gasteiger partial charge < -0.3 is 18.9 Å². The minimum absolute atomic E-state index is 0.0439. The van der Waals surface area contributed by atoms with Crippen LogP contribution < -0.4 is 29.2 Å². The van der Waals surface area contributed by atoms with Crippen LogP contribution in [0.2, 0.25) is 5.02 Å². The number of urea groups is 1. The van der Waals surface area contributed by atoms with Crippen LogP contribution in [0.1, 0.15) is 32.8 Å². The number of nitrogens with one attached hydrogen (secondary N) is 1. The minimum atomic E-state index is -0.864. The standard InChI is InChI=1S/C24H23ClN2O7/c1-4-13(3)34-21-17(25)9-14(10-20(21)31-5-2)8-16-22(28)26-24(30)27(23(16)29)15-6-7-18-19(11-15)33-12-32-18/h6-11,13H,4-5,12H2,1-3H3,(H,26,28,30)/b16-8+/t13-/m0/s1. The summed E-state index contributed by atoms with van der Waals surface area (Å²) in [4.78, 5) is 39.1. The van der Waals surface area contributed by atoms with E-state index in [4.69, 9.17) is 30.5 Å². The molecule has 0 spiro atoms. The Bertz CT molecular complexity index is 1190. The lowest BCUT2D eigenvalue weighted by atomic mass is 10.1. The molecule has 2 heterocycles. The van der Waals surface area contributed by atoms with Gasteiger partial charge in [0.05, 0.1) is 23.4 Å². The Kier molecular flexibility index (Phi) is 6.65. The van der Waals surface area contributed by atoms with Gasteiger partial charge in [0.25, 0.3) is 11.8 Å². The molecule has 0 saturated carbocycles. The number of imide groups is 2. The minimum Gasteiger partial charge on any atom is -0.490 e. The number of hydrogen-bond donors (Lipinski definition) is 1. The summed E-state index contributed by atoms with van der Waals surface area (Å²) in [7, 11) is 0. The normalized spacial score (nSPS) is 17.1. The van der Waals surface area contributed by atoms with Crippen LogP contribution in [0.15, 0.2) is 35.9 Å².